The molecule has 16 nitrogen and oxygen atoms in total. The van der Waals surface area contributed by atoms with Gasteiger partial charge in [-0.2, -0.15) is 0 Å². The van der Waals surface area contributed by atoms with Crippen molar-refractivity contribution in [3.05, 3.63) is 22.7 Å². The molecule has 2 unspecified atom stereocenters. The lowest BCUT2D eigenvalue weighted by Gasteiger charge is -2.43. The zero-order chi connectivity index (χ0) is 46.7. The Kier molecular flexibility index (Phi) is 24.8. The molecule has 0 aliphatic carbocycles. The first-order valence-electron chi connectivity index (χ1n) is 24.6. The summed E-state index contributed by atoms with van der Waals surface area (Å²) >= 11 is 6.29. The molecular formula is C49H86ClN7O9. The highest BCUT2D eigenvalue weighted by Crippen LogP contribution is 2.32. The maximum absolute atomic E-state index is 13.0. The second-order valence-electron chi connectivity index (χ2n) is 18.8. The maximum atomic E-state index is 13.0. The third-order valence-corrected chi connectivity index (χ3v) is 14.6. The Bertz CT molecular complexity index is 1600. The number of nitrogens with one attached hydrogen (secondary N) is 1. The Hall–Kier alpha value is -2.80. The SMILES string of the molecule is C.CCOC(=O)CCCCCN1CCC(N)[C@@H](OC)C1.COc1cc(N)cc(Cl)c1C(=O)N[C@@H]1CCN(CCCCCC(=O)OC2CN3CCC2CC3)C[C@@H]1OC.O[C@H]1CN2CCC1CC2. The number of piperidine rings is 8. The van der Waals surface area contributed by atoms with Gasteiger partial charge in [0.15, 0.2) is 0 Å². The molecule has 0 saturated carbocycles. The molecule has 6 atom stereocenters. The number of fused-ring (bicyclic) bond motifs is 6. The van der Waals surface area contributed by atoms with Gasteiger partial charge in [-0.15, -0.1) is 0 Å². The molecule has 8 aliphatic heterocycles. The second-order valence-corrected chi connectivity index (χ2v) is 19.3. The summed E-state index contributed by atoms with van der Waals surface area (Å²) in [6.07, 6.45) is 13.6. The summed E-state index contributed by atoms with van der Waals surface area (Å²) in [6.45, 7) is 14.5. The molecule has 1 aromatic carbocycles. The Morgan fingerprint density at radius 1 is 0.727 bits per heavy atom. The van der Waals surface area contributed by atoms with E-state index in [2.05, 4.69) is 24.9 Å². The van der Waals surface area contributed by atoms with E-state index in [9.17, 15) is 19.5 Å². The summed E-state index contributed by atoms with van der Waals surface area (Å²) in [5.41, 5.74) is 12.5. The summed E-state index contributed by atoms with van der Waals surface area (Å²) < 4.78 is 27.1. The molecular weight excluding hydrogens is 866 g/mol. The van der Waals surface area contributed by atoms with Gasteiger partial charge in [-0.1, -0.05) is 31.9 Å². The molecule has 8 aliphatic rings. The third-order valence-electron chi connectivity index (χ3n) is 14.3. The topological polar surface area (TPSA) is 195 Å². The zero-order valence-corrected chi connectivity index (χ0v) is 40.7. The number of unbranched alkanes of at least 4 members (excludes halogenated alkanes) is 4. The highest BCUT2D eigenvalue weighted by atomic mass is 35.5. The van der Waals surface area contributed by atoms with E-state index >= 15 is 0 Å². The van der Waals surface area contributed by atoms with E-state index in [1.165, 1.54) is 33.0 Å². The van der Waals surface area contributed by atoms with E-state index in [-0.39, 0.29) is 72.4 Å². The number of nitrogens with zero attached hydrogens (tertiary/aromatic N) is 4. The predicted molar refractivity (Wildman–Crippen MR) is 260 cm³/mol. The van der Waals surface area contributed by atoms with Crippen molar-refractivity contribution in [1.82, 2.24) is 24.9 Å². The molecule has 0 aromatic heterocycles. The molecule has 0 radical (unpaired) electrons. The van der Waals surface area contributed by atoms with Crippen LogP contribution >= 0.6 is 11.6 Å². The number of rotatable bonds is 19. The van der Waals surface area contributed by atoms with Gasteiger partial charge in [0.05, 0.1) is 43.1 Å². The van der Waals surface area contributed by atoms with Crippen molar-refractivity contribution in [1.29, 1.82) is 0 Å². The molecule has 378 valence electrons. The molecule has 8 heterocycles. The van der Waals surface area contributed by atoms with E-state index in [0.29, 0.717) is 42.7 Å². The van der Waals surface area contributed by atoms with Crippen LogP contribution in [-0.2, 0) is 28.5 Å². The lowest BCUT2D eigenvalue weighted by Crippen LogP contribution is -2.55. The Morgan fingerprint density at radius 3 is 1.82 bits per heavy atom. The van der Waals surface area contributed by atoms with Crippen LogP contribution in [0.1, 0.15) is 115 Å². The highest BCUT2D eigenvalue weighted by Gasteiger charge is 2.37. The first-order valence-corrected chi connectivity index (χ1v) is 25.0. The largest absolute Gasteiger partial charge is 0.496 e. The molecule has 8 fully saturated rings. The van der Waals surface area contributed by atoms with Crippen molar-refractivity contribution in [2.75, 3.05) is 112 Å². The number of halogens is 1. The first-order chi connectivity index (χ1) is 31.4. The van der Waals surface area contributed by atoms with Gasteiger partial charge in [-0.05, 0) is 135 Å². The Morgan fingerprint density at radius 2 is 1.30 bits per heavy atom. The number of nitrogen functional groups attached to an aromatic ring is 1. The Labute approximate surface area is 401 Å². The second kappa shape index (κ2) is 29.3. The van der Waals surface area contributed by atoms with Crippen LogP contribution in [-0.4, -0.2) is 186 Å². The molecule has 6 N–H and O–H groups in total. The van der Waals surface area contributed by atoms with Crippen LogP contribution in [0.2, 0.25) is 5.02 Å². The lowest BCUT2D eigenvalue weighted by molar-refractivity contribution is -0.159. The molecule has 17 heteroatoms. The molecule has 0 spiro atoms. The fourth-order valence-electron chi connectivity index (χ4n) is 10.3. The summed E-state index contributed by atoms with van der Waals surface area (Å²) in [7, 11) is 4.89. The number of methoxy groups -OCH3 is 3. The van der Waals surface area contributed by atoms with E-state index in [4.69, 9.17) is 46.8 Å². The molecule has 66 heavy (non-hydrogen) atoms. The van der Waals surface area contributed by atoms with Crippen molar-refractivity contribution >= 4 is 35.1 Å². The number of benzene rings is 1. The number of hydrogen-bond acceptors (Lipinski definition) is 15. The van der Waals surface area contributed by atoms with Crippen molar-refractivity contribution in [2.45, 2.75) is 141 Å². The first kappa shape index (κ1) is 55.8. The standard InChI is InChI=1S/C27H41ClN4O5.C14H28N2O3.C7H13NO.CH4/c1-35-22-15-19(29)14-20(28)26(22)27(34)30-21-9-13-31(17-24(21)36-2)10-5-3-4-6-25(33)37-23-16-32-11-7-18(23)8-12-32;1-3-19-14(17)7-5-4-6-9-16-10-8-12(15)13(11-16)18-2;9-7-5-8-3-1-6(7)2-4-8;/h14-15,18,21,23-24H,3-13,16-17,29H2,1-2H3,(H,30,34);12-13H,3-11,15H2,1-2H3;6-7,9H,1-5H2;1H4/t21-,23?,24+;12?,13-;7-;/m100./s1. The number of carbonyl (C=O) groups is 3. The van der Waals surface area contributed by atoms with Gasteiger partial charge in [-0.25, -0.2) is 0 Å². The van der Waals surface area contributed by atoms with Crippen LogP contribution in [0.15, 0.2) is 12.1 Å². The van der Waals surface area contributed by atoms with Crippen molar-refractivity contribution in [3.63, 3.8) is 0 Å². The number of aliphatic hydroxyl groups is 1. The van der Waals surface area contributed by atoms with E-state index in [0.717, 1.165) is 130 Å². The minimum absolute atomic E-state index is 0. The van der Waals surface area contributed by atoms with Crippen LogP contribution in [0.5, 0.6) is 5.75 Å². The molecule has 1 aromatic rings. The Balaban J connectivity index is 0.000000270. The van der Waals surface area contributed by atoms with E-state index in [1.807, 2.05) is 6.92 Å². The summed E-state index contributed by atoms with van der Waals surface area (Å²) in [6, 6.07) is 3.18. The zero-order valence-electron chi connectivity index (χ0n) is 39.9. The summed E-state index contributed by atoms with van der Waals surface area (Å²) in [5.74, 6) is 1.11. The minimum atomic E-state index is -0.299. The van der Waals surface area contributed by atoms with Crippen molar-refractivity contribution in [3.8, 4) is 5.75 Å². The number of esters is 2. The number of aliphatic hydroxyl groups excluding tert-OH is 1. The number of nitrogens with two attached hydrogens (primary N) is 2. The van der Waals surface area contributed by atoms with Gasteiger partial charge in [0.1, 0.15) is 17.4 Å². The average molecular weight is 953 g/mol. The fourth-order valence-corrected chi connectivity index (χ4v) is 10.6. The number of carbonyl (C=O) groups excluding carboxylic acids is 3. The van der Waals surface area contributed by atoms with E-state index < -0.39 is 0 Å². The number of anilines is 1. The third kappa shape index (κ3) is 17.6. The number of ether oxygens (including phenoxy) is 5. The van der Waals surface area contributed by atoms with Crippen molar-refractivity contribution < 1.29 is 43.2 Å². The van der Waals surface area contributed by atoms with Crippen LogP contribution in [0.3, 0.4) is 0 Å². The van der Waals surface area contributed by atoms with Crippen LogP contribution in [0.25, 0.3) is 0 Å². The van der Waals surface area contributed by atoms with Gasteiger partial charge in [0.25, 0.3) is 5.91 Å². The molecule has 4 bridgehead atoms. The van der Waals surface area contributed by atoms with Gasteiger partial charge in [0, 0.05) is 77.6 Å². The number of hydrogen-bond donors (Lipinski definition) is 4. The molecule has 8 saturated heterocycles. The van der Waals surface area contributed by atoms with Crippen LogP contribution < -0.4 is 21.5 Å². The summed E-state index contributed by atoms with van der Waals surface area (Å²) in [5, 5.41) is 12.7. The monoisotopic (exact) mass is 952 g/mol. The van der Waals surface area contributed by atoms with Gasteiger partial charge in [0.2, 0.25) is 0 Å². The predicted octanol–water partition coefficient (Wildman–Crippen LogP) is 4.81. The highest BCUT2D eigenvalue weighted by molar-refractivity contribution is 6.34. The number of amides is 1. The summed E-state index contributed by atoms with van der Waals surface area (Å²) in [4.78, 5) is 46.0. The van der Waals surface area contributed by atoms with Gasteiger partial charge >= 0.3 is 11.9 Å². The molecule has 1 amide bonds. The van der Waals surface area contributed by atoms with E-state index in [1.54, 1.807) is 26.4 Å². The maximum Gasteiger partial charge on any atom is 0.306 e. The minimum Gasteiger partial charge on any atom is -0.496 e. The van der Waals surface area contributed by atoms with Crippen LogP contribution in [0.4, 0.5) is 5.69 Å². The normalized spacial score (nSPS) is 29.3. The van der Waals surface area contributed by atoms with Gasteiger partial charge < -0.3 is 60.3 Å². The smallest absolute Gasteiger partial charge is 0.306 e. The van der Waals surface area contributed by atoms with Crippen molar-refractivity contribution in [2.24, 2.45) is 17.6 Å². The van der Waals surface area contributed by atoms with Crippen LogP contribution in [0, 0.1) is 11.8 Å². The average Bonchev–Trinajstić information content (AvgIpc) is 3.30. The molecule has 9 rings (SSSR count). The van der Waals surface area contributed by atoms with Gasteiger partial charge in [-0.3, -0.25) is 19.3 Å². The lowest BCUT2D eigenvalue weighted by atomic mass is 9.86. The fraction of sp³-hybridized carbons (Fsp3) is 0.816. The number of likely N-dealkylation sites (tertiary alicyclic amines) is 2. The quantitative estimate of drug-likeness (QED) is 0.0838.